The van der Waals surface area contributed by atoms with Crippen LogP contribution in [0.1, 0.15) is 5.56 Å². The first-order valence-electron chi connectivity index (χ1n) is 8.60. The fourth-order valence-electron chi connectivity index (χ4n) is 3.23. The molecular weight excluding hydrogens is 390 g/mol. The van der Waals surface area contributed by atoms with Gasteiger partial charge in [0, 0.05) is 5.39 Å². The van der Waals surface area contributed by atoms with Crippen LogP contribution < -0.4 is 14.4 Å². The number of carbonyl (C=O) groups is 1. The van der Waals surface area contributed by atoms with Crippen molar-refractivity contribution in [3.05, 3.63) is 71.1 Å². The lowest BCUT2D eigenvalue weighted by atomic mass is 10.0. The number of methoxy groups -OCH3 is 2. The van der Waals surface area contributed by atoms with Crippen LogP contribution >= 0.6 is 24.0 Å². The number of hydrogen-bond donors (Lipinski definition) is 0. The van der Waals surface area contributed by atoms with E-state index in [9.17, 15) is 4.79 Å². The fourth-order valence-corrected chi connectivity index (χ4v) is 4.51. The number of thiocarbonyl (C=S) groups is 1. The normalized spacial score (nSPS) is 15.5. The maximum absolute atomic E-state index is 13.1. The lowest BCUT2D eigenvalue weighted by molar-refractivity contribution is -0.113. The molecule has 140 valence electrons. The molecule has 1 aliphatic heterocycles. The number of carbonyl (C=O) groups excluding carboxylic acids is 1. The molecule has 28 heavy (non-hydrogen) atoms. The molecule has 1 heterocycles. The first kappa shape index (κ1) is 18.5. The van der Waals surface area contributed by atoms with E-state index in [0.29, 0.717) is 20.7 Å². The predicted molar refractivity (Wildman–Crippen MR) is 119 cm³/mol. The summed E-state index contributed by atoms with van der Waals surface area (Å²) in [6.45, 7) is 0. The minimum Gasteiger partial charge on any atom is -0.496 e. The minimum absolute atomic E-state index is 0.153. The third-order valence-electron chi connectivity index (χ3n) is 4.54. The zero-order chi connectivity index (χ0) is 19.7. The monoisotopic (exact) mass is 407 g/mol. The predicted octanol–water partition coefficient (Wildman–Crippen LogP) is 5.26. The van der Waals surface area contributed by atoms with Crippen molar-refractivity contribution in [2.24, 2.45) is 0 Å². The number of nitrogens with zero attached hydrogens (tertiary/aromatic N) is 1. The highest BCUT2D eigenvalue weighted by molar-refractivity contribution is 8.27. The van der Waals surface area contributed by atoms with E-state index >= 15 is 0 Å². The topological polar surface area (TPSA) is 38.8 Å². The van der Waals surface area contributed by atoms with Gasteiger partial charge in [-0.15, -0.1) is 0 Å². The smallest absolute Gasteiger partial charge is 0.270 e. The van der Waals surface area contributed by atoms with Gasteiger partial charge in [-0.05, 0) is 35.2 Å². The summed E-state index contributed by atoms with van der Waals surface area (Å²) >= 11 is 6.78. The van der Waals surface area contributed by atoms with Crippen molar-refractivity contribution in [2.45, 2.75) is 0 Å². The van der Waals surface area contributed by atoms with Crippen LogP contribution in [0.2, 0.25) is 0 Å². The Morgan fingerprint density at radius 1 is 0.893 bits per heavy atom. The van der Waals surface area contributed by atoms with Crippen molar-refractivity contribution in [3.63, 3.8) is 0 Å². The Bertz CT molecular complexity index is 1120. The van der Waals surface area contributed by atoms with Gasteiger partial charge in [0.05, 0.1) is 24.8 Å². The Morgan fingerprint density at radius 2 is 1.57 bits per heavy atom. The SMILES string of the molecule is COc1ccccc1N1C(=O)/C(=C\c2ccc(OC)c3ccccc23)SC1=S. The van der Waals surface area contributed by atoms with Crippen molar-refractivity contribution in [1.29, 1.82) is 0 Å². The molecule has 0 radical (unpaired) electrons. The molecule has 1 amide bonds. The highest BCUT2D eigenvalue weighted by Gasteiger charge is 2.34. The van der Waals surface area contributed by atoms with Crippen molar-refractivity contribution in [1.82, 2.24) is 0 Å². The van der Waals surface area contributed by atoms with Crippen molar-refractivity contribution >= 4 is 56.7 Å². The standard InChI is InChI=1S/C22H17NO3S2/c1-25-18-12-11-14(15-7-3-4-8-16(15)18)13-20-21(24)23(22(27)28-20)17-9-5-6-10-19(17)26-2/h3-13H,1-2H3/b20-13+. The molecule has 1 fully saturated rings. The maximum Gasteiger partial charge on any atom is 0.270 e. The van der Waals surface area contributed by atoms with Crippen LogP contribution in [0.15, 0.2) is 65.6 Å². The van der Waals surface area contributed by atoms with Crippen molar-refractivity contribution in [3.8, 4) is 11.5 Å². The first-order chi connectivity index (χ1) is 13.6. The number of fused-ring (bicyclic) bond motifs is 1. The lowest BCUT2D eigenvalue weighted by Crippen LogP contribution is -2.27. The summed E-state index contributed by atoms with van der Waals surface area (Å²) in [4.78, 5) is 15.2. The molecular formula is C22H17NO3S2. The second kappa shape index (κ2) is 7.66. The van der Waals surface area contributed by atoms with Gasteiger partial charge in [0.2, 0.25) is 0 Å². The molecule has 4 rings (SSSR count). The summed E-state index contributed by atoms with van der Waals surface area (Å²) in [5.41, 5.74) is 1.59. The van der Waals surface area contributed by atoms with E-state index in [1.165, 1.54) is 16.7 Å². The average molecular weight is 408 g/mol. The molecule has 0 unspecified atom stereocenters. The van der Waals surface area contributed by atoms with E-state index in [-0.39, 0.29) is 5.91 Å². The summed E-state index contributed by atoms with van der Waals surface area (Å²) in [6, 6.07) is 19.2. The zero-order valence-electron chi connectivity index (χ0n) is 15.3. The third-order valence-corrected chi connectivity index (χ3v) is 5.85. The summed E-state index contributed by atoms with van der Waals surface area (Å²) in [5.74, 6) is 1.25. The second-order valence-electron chi connectivity index (χ2n) is 6.09. The molecule has 0 bridgehead atoms. The Labute approximate surface area is 172 Å². The van der Waals surface area contributed by atoms with Gasteiger partial charge < -0.3 is 9.47 Å². The van der Waals surface area contributed by atoms with Gasteiger partial charge in [-0.3, -0.25) is 9.69 Å². The number of thioether (sulfide) groups is 1. The van der Waals surface area contributed by atoms with Gasteiger partial charge in [0.25, 0.3) is 5.91 Å². The van der Waals surface area contributed by atoms with Crippen LogP contribution in [0.25, 0.3) is 16.8 Å². The van der Waals surface area contributed by atoms with Gasteiger partial charge in [-0.2, -0.15) is 0 Å². The van der Waals surface area contributed by atoms with E-state index in [1.54, 1.807) is 14.2 Å². The molecule has 0 spiro atoms. The fraction of sp³-hybridized carbons (Fsp3) is 0.0909. The largest absolute Gasteiger partial charge is 0.496 e. The van der Waals surface area contributed by atoms with Gasteiger partial charge in [0.15, 0.2) is 4.32 Å². The number of amides is 1. The Kier molecular flexibility index (Phi) is 5.07. The summed E-state index contributed by atoms with van der Waals surface area (Å²) in [5, 5.41) is 2.02. The first-order valence-corrected chi connectivity index (χ1v) is 9.83. The van der Waals surface area contributed by atoms with Crippen LogP contribution in [0, 0.1) is 0 Å². The highest BCUT2D eigenvalue weighted by atomic mass is 32.2. The van der Waals surface area contributed by atoms with Gasteiger partial charge in [0.1, 0.15) is 11.5 Å². The van der Waals surface area contributed by atoms with Crippen molar-refractivity contribution in [2.75, 3.05) is 19.1 Å². The van der Waals surface area contributed by atoms with Crippen LogP contribution in [-0.2, 0) is 4.79 Å². The lowest BCUT2D eigenvalue weighted by Gasteiger charge is -2.17. The molecule has 3 aromatic carbocycles. The molecule has 3 aromatic rings. The van der Waals surface area contributed by atoms with E-state index in [2.05, 4.69) is 0 Å². The van der Waals surface area contributed by atoms with Crippen LogP contribution in [0.3, 0.4) is 0 Å². The molecule has 0 aromatic heterocycles. The molecule has 0 N–H and O–H groups in total. The Hall–Kier alpha value is -2.83. The third kappa shape index (κ3) is 3.15. The van der Waals surface area contributed by atoms with Crippen LogP contribution in [0.5, 0.6) is 11.5 Å². The van der Waals surface area contributed by atoms with E-state index in [4.69, 9.17) is 21.7 Å². The van der Waals surface area contributed by atoms with Crippen LogP contribution in [-0.4, -0.2) is 24.4 Å². The van der Waals surface area contributed by atoms with E-state index < -0.39 is 0 Å². The van der Waals surface area contributed by atoms with Gasteiger partial charge in [-0.25, -0.2) is 0 Å². The van der Waals surface area contributed by atoms with Gasteiger partial charge in [-0.1, -0.05) is 66.4 Å². The summed E-state index contributed by atoms with van der Waals surface area (Å²) in [7, 11) is 3.23. The summed E-state index contributed by atoms with van der Waals surface area (Å²) < 4.78 is 11.3. The maximum atomic E-state index is 13.1. The Balaban J connectivity index is 1.77. The van der Waals surface area contributed by atoms with Crippen LogP contribution in [0.4, 0.5) is 5.69 Å². The number of rotatable bonds is 4. The molecule has 1 saturated heterocycles. The summed E-state index contributed by atoms with van der Waals surface area (Å²) in [6.07, 6.45) is 1.89. The van der Waals surface area contributed by atoms with E-state index in [0.717, 1.165) is 22.1 Å². The molecule has 6 heteroatoms. The number of ether oxygens (including phenoxy) is 2. The highest BCUT2D eigenvalue weighted by Crippen LogP contribution is 2.40. The molecule has 0 atom stereocenters. The quantitative estimate of drug-likeness (QED) is 0.436. The molecule has 1 aliphatic rings. The van der Waals surface area contributed by atoms with E-state index in [1.807, 2.05) is 66.7 Å². The number of anilines is 1. The van der Waals surface area contributed by atoms with Crippen molar-refractivity contribution < 1.29 is 14.3 Å². The molecule has 0 saturated carbocycles. The minimum atomic E-state index is -0.153. The second-order valence-corrected chi connectivity index (χ2v) is 7.77. The Morgan fingerprint density at radius 3 is 2.32 bits per heavy atom. The molecule has 4 nitrogen and oxygen atoms in total. The average Bonchev–Trinajstić information content (AvgIpc) is 3.01. The number of hydrogen-bond acceptors (Lipinski definition) is 5. The number of para-hydroxylation sites is 2. The van der Waals surface area contributed by atoms with Gasteiger partial charge >= 0.3 is 0 Å². The number of benzene rings is 3. The zero-order valence-corrected chi connectivity index (χ0v) is 17.0. The molecule has 0 aliphatic carbocycles.